The van der Waals surface area contributed by atoms with Crippen LogP contribution >= 0.6 is 23.1 Å². The van der Waals surface area contributed by atoms with Gasteiger partial charge in [-0.3, -0.25) is 38.5 Å². The van der Waals surface area contributed by atoms with Gasteiger partial charge in [0, 0.05) is 48.9 Å². The van der Waals surface area contributed by atoms with Crippen LogP contribution in [0.4, 0.5) is 0 Å². The number of aromatic nitrogens is 1. The Hall–Kier alpha value is -4.75. The summed E-state index contributed by atoms with van der Waals surface area (Å²) >= 11 is 2.63. The number of rotatable bonds is 27. The maximum Gasteiger partial charge on any atom is 0.325 e. The molecule has 4 N–H and O–H groups in total. The molecule has 1 aromatic carbocycles. The fraction of sp³-hybridized carbons (Fsp3) is 0.660. The number of carbonyl (C=O) groups is 7. The van der Waals surface area contributed by atoms with Gasteiger partial charge in [-0.1, -0.05) is 66.5 Å². The van der Waals surface area contributed by atoms with Gasteiger partial charge in [-0.2, -0.15) is 11.8 Å². The minimum Gasteiger partial charge on any atom is -0.508 e. The van der Waals surface area contributed by atoms with Crippen molar-refractivity contribution in [1.29, 1.82) is 0 Å². The van der Waals surface area contributed by atoms with E-state index in [0.29, 0.717) is 31.4 Å². The second kappa shape index (κ2) is 28.4. The zero-order valence-corrected chi connectivity index (χ0v) is 41.7. The number of esters is 3. The van der Waals surface area contributed by atoms with Gasteiger partial charge in [0.15, 0.2) is 12.8 Å². The Bertz CT molecular complexity index is 1900. The fourth-order valence-electron chi connectivity index (χ4n) is 7.70. The van der Waals surface area contributed by atoms with Crippen molar-refractivity contribution in [2.24, 2.45) is 17.8 Å². The molecule has 2 aromatic rings. The van der Waals surface area contributed by atoms with Gasteiger partial charge in [0.2, 0.25) is 17.7 Å². The predicted octanol–water partition coefficient (Wildman–Crippen LogP) is 5.40. The van der Waals surface area contributed by atoms with E-state index in [1.54, 1.807) is 19.1 Å². The first-order valence-corrected chi connectivity index (χ1v) is 25.3. The molecule has 2 unspecified atom stereocenters. The van der Waals surface area contributed by atoms with Crippen LogP contribution in [0.25, 0.3) is 0 Å². The van der Waals surface area contributed by atoms with E-state index in [4.69, 9.17) is 14.2 Å². The lowest BCUT2D eigenvalue weighted by Crippen LogP contribution is -2.59. The van der Waals surface area contributed by atoms with Gasteiger partial charge in [-0.15, -0.1) is 11.3 Å². The predicted molar refractivity (Wildman–Crippen MR) is 253 cm³/mol. The molecule has 1 aliphatic heterocycles. The van der Waals surface area contributed by atoms with Gasteiger partial charge in [-0.25, -0.2) is 4.98 Å². The summed E-state index contributed by atoms with van der Waals surface area (Å²) < 4.78 is 16.7. The monoisotopic (exact) mass is 960 g/mol. The quantitative estimate of drug-likeness (QED) is 0.0381. The minimum absolute atomic E-state index is 0.0244. The van der Waals surface area contributed by atoms with Crippen LogP contribution in [0.5, 0.6) is 5.75 Å². The first-order chi connectivity index (χ1) is 31.4. The molecule has 0 radical (unpaired) electrons. The number of nitrogens with one attached hydrogen (secondary N) is 3. The van der Waals surface area contributed by atoms with Crippen LogP contribution in [0.1, 0.15) is 127 Å². The minimum atomic E-state index is -1.03. The van der Waals surface area contributed by atoms with Crippen molar-refractivity contribution in [2.75, 3.05) is 45.5 Å². The molecule has 0 saturated carbocycles. The summed E-state index contributed by atoms with van der Waals surface area (Å²) in [6.45, 7) is 12.7. The second-order valence-electron chi connectivity index (χ2n) is 17.4. The number of hydrogen-bond donors (Lipinski definition) is 4. The van der Waals surface area contributed by atoms with Gasteiger partial charge < -0.3 is 40.2 Å². The number of carbonyl (C=O) groups excluding carboxylic acids is 7. The van der Waals surface area contributed by atoms with Crippen LogP contribution in [0, 0.1) is 17.8 Å². The third kappa shape index (κ3) is 18.1. The number of ether oxygens (including phenoxy) is 3. The third-order valence-electron chi connectivity index (χ3n) is 11.7. The molecule has 1 aliphatic rings. The van der Waals surface area contributed by atoms with E-state index in [1.165, 1.54) is 41.1 Å². The Morgan fingerprint density at radius 1 is 0.985 bits per heavy atom. The topological polar surface area (TPSA) is 223 Å². The third-order valence-corrected chi connectivity index (χ3v) is 13.2. The van der Waals surface area contributed by atoms with Crippen molar-refractivity contribution in [3.8, 4) is 5.75 Å². The van der Waals surface area contributed by atoms with Crippen molar-refractivity contribution >= 4 is 64.6 Å². The van der Waals surface area contributed by atoms with E-state index in [1.807, 2.05) is 52.8 Å². The van der Waals surface area contributed by atoms with Crippen LogP contribution in [-0.2, 0) is 49.4 Å². The molecular formula is C47H72N6O11S2. The Labute approximate surface area is 398 Å². The number of thioether (sulfide) groups is 1. The van der Waals surface area contributed by atoms with E-state index in [9.17, 15) is 38.7 Å². The first kappa shape index (κ1) is 55.6. The van der Waals surface area contributed by atoms with Crippen molar-refractivity contribution < 1.29 is 52.9 Å². The molecule has 19 heteroatoms. The zero-order chi connectivity index (χ0) is 48.9. The summed E-state index contributed by atoms with van der Waals surface area (Å²) in [5.41, 5.74) is 0.815. The number of amides is 4. The number of phenolic OH excluding ortho intramolecular Hbond substituents is 1. The van der Waals surface area contributed by atoms with Crippen LogP contribution in [-0.4, -0.2) is 131 Å². The van der Waals surface area contributed by atoms with Crippen molar-refractivity contribution in [1.82, 2.24) is 30.7 Å². The molecule has 17 nitrogen and oxygen atoms in total. The van der Waals surface area contributed by atoms with Crippen molar-refractivity contribution in [3.63, 3.8) is 0 Å². The highest BCUT2D eigenvalue weighted by Gasteiger charge is 2.39. The Morgan fingerprint density at radius 2 is 1.70 bits per heavy atom. The largest absolute Gasteiger partial charge is 0.508 e. The van der Waals surface area contributed by atoms with Gasteiger partial charge in [0.05, 0.1) is 6.04 Å². The summed E-state index contributed by atoms with van der Waals surface area (Å²) in [7, 11) is 1.90. The van der Waals surface area contributed by atoms with Crippen molar-refractivity contribution in [2.45, 2.75) is 137 Å². The number of hydrogen-bond acceptors (Lipinski definition) is 15. The number of likely N-dealkylation sites (tertiary alicyclic amines) is 1. The number of nitrogens with zero attached hydrogens (tertiary/aromatic N) is 3. The van der Waals surface area contributed by atoms with E-state index < -0.39 is 72.5 Å². The van der Waals surface area contributed by atoms with Crippen LogP contribution in [0.3, 0.4) is 0 Å². The lowest BCUT2D eigenvalue weighted by atomic mass is 9.92. The summed E-state index contributed by atoms with van der Waals surface area (Å²) in [5, 5.41) is 20.4. The van der Waals surface area contributed by atoms with Crippen LogP contribution in [0.15, 0.2) is 29.6 Å². The number of piperidine rings is 1. The first-order valence-electron chi connectivity index (χ1n) is 23.0. The molecule has 368 valence electrons. The van der Waals surface area contributed by atoms with Crippen molar-refractivity contribution in [3.05, 3.63) is 45.9 Å². The normalized spacial score (nSPS) is 16.7. The maximum atomic E-state index is 14.9. The fourth-order valence-corrected chi connectivity index (χ4v) is 8.79. The number of thiazole rings is 1. The standard InChI is InChI=1S/C47H72N6O11S2/c1-10-14-40(56)63-28-53(47(61)42(30(5)11-2)51-45(60)37-15-12-13-20-52(37)8)38(29(3)4)25-39(64-32(7)54)46-50-36(27-66-46)44(59)49-34(24-33-16-18-35(55)19-17-33)23-31(6)43(58)48-26-41(57)62-21-22-65-9/h16-19,27,29-31,34,37-39,42,55H,10-15,20-26,28H2,1-9H3,(H,48,58)(H,49,59)(H,51,60)/t30?,31-,34+,37?,38+,39+,42-/m0/s1. The summed E-state index contributed by atoms with van der Waals surface area (Å²) in [6.07, 6.45) is 5.18. The summed E-state index contributed by atoms with van der Waals surface area (Å²) in [5.74, 6) is -3.77. The zero-order valence-electron chi connectivity index (χ0n) is 40.1. The smallest absolute Gasteiger partial charge is 0.325 e. The number of benzene rings is 1. The summed E-state index contributed by atoms with van der Waals surface area (Å²) in [6, 6.07) is 3.86. The van der Waals surface area contributed by atoms with Gasteiger partial charge >= 0.3 is 17.9 Å². The number of likely N-dealkylation sites (N-methyl/N-ethyl adjacent to an activating group) is 1. The van der Waals surface area contributed by atoms with Gasteiger partial charge in [0.1, 0.15) is 35.6 Å². The van der Waals surface area contributed by atoms with E-state index in [2.05, 4.69) is 20.9 Å². The number of phenols is 1. The second-order valence-corrected chi connectivity index (χ2v) is 19.3. The number of aromatic hydroxyl groups is 1. The molecule has 7 atom stereocenters. The molecule has 2 heterocycles. The average molecular weight is 961 g/mol. The van der Waals surface area contributed by atoms with Gasteiger partial charge in [-0.05, 0) is 81.5 Å². The highest BCUT2D eigenvalue weighted by Crippen LogP contribution is 2.32. The molecular weight excluding hydrogens is 889 g/mol. The molecule has 1 aromatic heterocycles. The van der Waals surface area contributed by atoms with Crippen LogP contribution < -0.4 is 16.0 Å². The van der Waals surface area contributed by atoms with E-state index in [-0.39, 0.29) is 72.6 Å². The molecule has 1 saturated heterocycles. The Morgan fingerprint density at radius 3 is 2.32 bits per heavy atom. The lowest BCUT2D eigenvalue weighted by Gasteiger charge is -2.39. The average Bonchev–Trinajstić information content (AvgIpc) is 3.78. The molecule has 0 bridgehead atoms. The SMILES string of the molecule is CCCC(=O)OCN(C(=O)[C@@H](NC(=O)C1CCCCN1C)C(C)CC)[C@H](C[C@@H](OC(C)=O)c1nc(C(=O)N[C@@H](Cc2ccc(O)cc2)C[C@H](C)C(=O)NCC(=O)OCCSC)cs1)C(C)C. The van der Waals surface area contributed by atoms with Gasteiger partial charge in [0.25, 0.3) is 5.91 Å². The lowest BCUT2D eigenvalue weighted by molar-refractivity contribution is -0.160. The molecule has 3 rings (SSSR count). The highest BCUT2D eigenvalue weighted by atomic mass is 32.2. The molecule has 0 spiro atoms. The molecule has 1 fully saturated rings. The summed E-state index contributed by atoms with van der Waals surface area (Å²) in [4.78, 5) is 101. The molecule has 0 aliphatic carbocycles. The van der Waals surface area contributed by atoms with E-state index >= 15 is 0 Å². The Balaban J connectivity index is 1.92. The van der Waals surface area contributed by atoms with Crippen LogP contribution in [0.2, 0.25) is 0 Å². The van der Waals surface area contributed by atoms with E-state index in [0.717, 1.165) is 36.3 Å². The Kier molecular flexibility index (Phi) is 23.9. The molecule has 4 amide bonds. The highest BCUT2D eigenvalue weighted by molar-refractivity contribution is 7.98. The maximum absolute atomic E-state index is 14.9. The molecule has 66 heavy (non-hydrogen) atoms.